The number of benzene rings is 1. The number of carbonyl (C=O) groups is 2. The predicted molar refractivity (Wildman–Crippen MR) is 95.3 cm³/mol. The van der Waals surface area contributed by atoms with Crippen LogP contribution in [0.5, 0.6) is 0 Å². The van der Waals surface area contributed by atoms with Crippen molar-refractivity contribution in [1.82, 2.24) is 10.3 Å². The third-order valence-electron chi connectivity index (χ3n) is 3.38. The summed E-state index contributed by atoms with van der Waals surface area (Å²) in [5.74, 6) is -0.545. The topological polar surface area (TPSA) is 71.1 Å². The summed E-state index contributed by atoms with van der Waals surface area (Å²) >= 11 is 0. The van der Waals surface area contributed by atoms with Crippen LogP contribution in [0.1, 0.15) is 52.6 Å². The molecule has 2 amide bonds. The fourth-order valence-corrected chi connectivity index (χ4v) is 2.25. The van der Waals surface area contributed by atoms with Crippen LogP contribution in [0.15, 0.2) is 36.7 Å². The molecule has 0 unspecified atom stereocenters. The van der Waals surface area contributed by atoms with Gasteiger partial charge in [-0.1, -0.05) is 17.7 Å². The van der Waals surface area contributed by atoms with E-state index in [1.165, 1.54) is 12.4 Å². The average molecular weight is 325 g/mol. The lowest BCUT2D eigenvalue weighted by Gasteiger charge is -2.20. The third kappa shape index (κ3) is 4.65. The van der Waals surface area contributed by atoms with Crippen molar-refractivity contribution in [3.63, 3.8) is 0 Å². The van der Waals surface area contributed by atoms with Crippen LogP contribution < -0.4 is 10.6 Å². The molecule has 0 atom stereocenters. The van der Waals surface area contributed by atoms with Crippen molar-refractivity contribution in [3.8, 4) is 0 Å². The molecule has 2 aromatic rings. The number of nitrogens with zero attached hydrogens (tertiary/aromatic N) is 1. The van der Waals surface area contributed by atoms with Gasteiger partial charge in [0.15, 0.2) is 0 Å². The first kappa shape index (κ1) is 17.7. The third-order valence-corrected chi connectivity index (χ3v) is 3.38. The summed E-state index contributed by atoms with van der Waals surface area (Å²) in [6.07, 6.45) is 2.90. The highest BCUT2D eigenvalue weighted by Crippen LogP contribution is 2.17. The quantitative estimate of drug-likeness (QED) is 0.907. The molecule has 24 heavy (non-hydrogen) atoms. The Morgan fingerprint density at radius 2 is 1.58 bits per heavy atom. The van der Waals surface area contributed by atoms with Gasteiger partial charge in [0.25, 0.3) is 11.8 Å². The molecule has 0 aliphatic carbocycles. The molecule has 0 aliphatic heterocycles. The van der Waals surface area contributed by atoms with Crippen LogP contribution in [0.25, 0.3) is 0 Å². The van der Waals surface area contributed by atoms with E-state index in [0.29, 0.717) is 11.1 Å². The second kappa shape index (κ2) is 6.83. The van der Waals surface area contributed by atoms with Gasteiger partial charge in [0.2, 0.25) is 0 Å². The number of hydrogen-bond donors (Lipinski definition) is 2. The van der Waals surface area contributed by atoms with Gasteiger partial charge in [-0.05, 0) is 52.3 Å². The highest BCUT2D eigenvalue weighted by atomic mass is 16.2. The van der Waals surface area contributed by atoms with Crippen LogP contribution in [-0.4, -0.2) is 22.3 Å². The summed E-state index contributed by atoms with van der Waals surface area (Å²) < 4.78 is 0. The van der Waals surface area contributed by atoms with Gasteiger partial charge in [-0.25, -0.2) is 0 Å². The van der Waals surface area contributed by atoms with E-state index in [1.807, 2.05) is 52.8 Å². The Hall–Kier alpha value is -2.69. The minimum Gasteiger partial charge on any atom is -0.347 e. The standard InChI is InChI=1S/C19H23N3O2/c1-12-6-7-16(13(2)8-12)21-17(23)14-9-15(11-20-10-14)18(24)22-19(3,4)5/h6-11H,1-5H3,(H,21,23)(H,22,24). The second-order valence-electron chi connectivity index (χ2n) is 6.94. The number of pyridine rings is 1. The molecule has 5 heteroatoms. The molecular weight excluding hydrogens is 302 g/mol. The van der Waals surface area contributed by atoms with Gasteiger partial charge < -0.3 is 10.6 Å². The van der Waals surface area contributed by atoms with E-state index in [2.05, 4.69) is 15.6 Å². The van der Waals surface area contributed by atoms with E-state index in [-0.39, 0.29) is 17.4 Å². The van der Waals surface area contributed by atoms with E-state index < -0.39 is 0 Å². The number of hydrogen-bond acceptors (Lipinski definition) is 3. The molecule has 1 heterocycles. The zero-order valence-electron chi connectivity index (χ0n) is 14.7. The summed E-state index contributed by atoms with van der Waals surface area (Å²) in [6, 6.07) is 7.36. The van der Waals surface area contributed by atoms with Crippen molar-refractivity contribution >= 4 is 17.5 Å². The maximum absolute atomic E-state index is 12.4. The van der Waals surface area contributed by atoms with E-state index in [9.17, 15) is 9.59 Å². The van der Waals surface area contributed by atoms with Gasteiger partial charge in [0, 0.05) is 23.6 Å². The lowest BCUT2D eigenvalue weighted by Crippen LogP contribution is -2.40. The number of anilines is 1. The number of aromatic nitrogens is 1. The van der Waals surface area contributed by atoms with E-state index >= 15 is 0 Å². The highest BCUT2D eigenvalue weighted by molar-refractivity contribution is 6.06. The number of carbonyl (C=O) groups excluding carboxylic acids is 2. The monoisotopic (exact) mass is 325 g/mol. The smallest absolute Gasteiger partial charge is 0.257 e. The van der Waals surface area contributed by atoms with Crippen LogP contribution >= 0.6 is 0 Å². The molecular formula is C19H23N3O2. The molecule has 0 spiro atoms. The summed E-state index contributed by atoms with van der Waals surface area (Å²) in [5.41, 5.74) is 3.21. The van der Waals surface area contributed by atoms with Crippen molar-refractivity contribution in [3.05, 3.63) is 58.9 Å². The minimum absolute atomic E-state index is 0.254. The Kier molecular flexibility index (Phi) is 5.02. The Balaban J connectivity index is 2.18. The van der Waals surface area contributed by atoms with E-state index in [0.717, 1.165) is 16.8 Å². The second-order valence-corrected chi connectivity index (χ2v) is 6.94. The van der Waals surface area contributed by atoms with Crippen molar-refractivity contribution in [2.24, 2.45) is 0 Å². The minimum atomic E-state index is -0.353. The van der Waals surface area contributed by atoms with Gasteiger partial charge >= 0.3 is 0 Å². The van der Waals surface area contributed by atoms with Crippen LogP contribution in [0, 0.1) is 13.8 Å². The number of amides is 2. The Bertz CT molecular complexity index is 776. The van der Waals surface area contributed by atoms with Gasteiger partial charge in [0.1, 0.15) is 0 Å². The first-order valence-corrected chi connectivity index (χ1v) is 7.82. The fraction of sp³-hybridized carbons (Fsp3) is 0.316. The van der Waals surface area contributed by atoms with Gasteiger partial charge in [-0.3, -0.25) is 14.6 Å². The summed E-state index contributed by atoms with van der Waals surface area (Å²) in [5, 5.41) is 5.71. The maximum Gasteiger partial charge on any atom is 0.257 e. The highest BCUT2D eigenvalue weighted by Gasteiger charge is 2.17. The zero-order chi connectivity index (χ0) is 17.9. The van der Waals surface area contributed by atoms with Crippen LogP contribution in [0.2, 0.25) is 0 Å². The predicted octanol–water partition coefficient (Wildman–Crippen LogP) is 3.48. The van der Waals surface area contributed by atoms with Gasteiger partial charge in [0.05, 0.1) is 11.1 Å². The molecule has 0 saturated carbocycles. The van der Waals surface area contributed by atoms with Gasteiger partial charge in [-0.2, -0.15) is 0 Å². The Morgan fingerprint density at radius 1 is 0.958 bits per heavy atom. The first-order chi connectivity index (χ1) is 11.2. The van der Waals surface area contributed by atoms with Gasteiger partial charge in [-0.15, -0.1) is 0 Å². The molecule has 1 aromatic carbocycles. The van der Waals surface area contributed by atoms with Crippen molar-refractivity contribution in [1.29, 1.82) is 0 Å². The number of rotatable bonds is 3. The number of nitrogens with one attached hydrogen (secondary N) is 2. The first-order valence-electron chi connectivity index (χ1n) is 7.82. The molecule has 0 fully saturated rings. The lowest BCUT2D eigenvalue weighted by molar-refractivity contribution is 0.0919. The molecule has 1 aromatic heterocycles. The summed E-state index contributed by atoms with van der Waals surface area (Å²) in [6.45, 7) is 9.63. The van der Waals surface area contributed by atoms with E-state index in [4.69, 9.17) is 0 Å². The van der Waals surface area contributed by atoms with Crippen LogP contribution in [0.4, 0.5) is 5.69 Å². The summed E-state index contributed by atoms with van der Waals surface area (Å²) in [4.78, 5) is 28.6. The maximum atomic E-state index is 12.4. The Morgan fingerprint density at radius 3 is 2.17 bits per heavy atom. The zero-order valence-corrected chi connectivity index (χ0v) is 14.7. The summed E-state index contributed by atoms with van der Waals surface area (Å²) in [7, 11) is 0. The Labute approximate surface area is 142 Å². The molecule has 0 bridgehead atoms. The van der Waals surface area contributed by atoms with Crippen LogP contribution in [0.3, 0.4) is 0 Å². The fourth-order valence-electron chi connectivity index (χ4n) is 2.25. The van der Waals surface area contributed by atoms with Crippen molar-refractivity contribution in [2.75, 3.05) is 5.32 Å². The van der Waals surface area contributed by atoms with Crippen molar-refractivity contribution in [2.45, 2.75) is 40.2 Å². The SMILES string of the molecule is Cc1ccc(NC(=O)c2cncc(C(=O)NC(C)(C)C)c2)c(C)c1. The average Bonchev–Trinajstić information content (AvgIpc) is 2.48. The molecule has 0 saturated heterocycles. The molecule has 126 valence electrons. The van der Waals surface area contributed by atoms with Crippen molar-refractivity contribution < 1.29 is 9.59 Å². The molecule has 2 rings (SSSR count). The largest absolute Gasteiger partial charge is 0.347 e. The molecule has 0 radical (unpaired) electrons. The normalized spacial score (nSPS) is 11.0. The lowest BCUT2D eigenvalue weighted by atomic mass is 10.1. The number of aryl methyl sites for hydroxylation is 2. The van der Waals surface area contributed by atoms with E-state index in [1.54, 1.807) is 6.07 Å². The molecule has 2 N–H and O–H groups in total. The van der Waals surface area contributed by atoms with Crippen LogP contribution in [-0.2, 0) is 0 Å². The molecule has 0 aliphatic rings. The molecule has 5 nitrogen and oxygen atoms in total.